The number of nitrogens with zero attached hydrogens (tertiary/aromatic N) is 1. The van der Waals surface area contributed by atoms with Gasteiger partial charge in [-0.1, -0.05) is 13.3 Å². The highest BCUT2D eigenvalue weighted by atomic mass is 16.4. The van der Waals surface area contributed by atoms with Crippen LogP contribution in [0.4, 0.5) is 0 Å². The smallest absolute Gasteiger partial charge is 0.323 e. The number of carbonyl (C=O) groups is 1. The van der Waals surface area contributed by atoms with Gasteiger partial charge < -0.3 is 15.3 Å². The maximum absolute atomic E-state index is 11.1. The van der Waals surface area contributed by atoms with Gasteiger partial charge in [-0.3, -0.25) is 4.79 Å². The summed E-state index contributed by atoms with van der Waals surface area (Å²) in [5.74, 6) is -0.755. The molecule has 0 fully saturated rings. The summed E-state index contributed by atoms with van der Waals surface area (Å²) in [6, 6.07) is 0. The van der Waals surface area contributed by atoms with Crippen molar-refractivity contribution in [3.8, 4) is 0 Å². The van der Waals surface area contributed by atoms with Crippen LogP contribution in [0, 0.1) is 0 Å². The van der Waals surface area contributed by atoms with Gasteiger partial charge in [0.15, 0.2) is 0 Å². The Morgan fingerprint density at radius 1 is 1.47 bits per heavy atom. The Kier molecular flexibility index (Phi) is 6.52. The van der Waals surface area contributed by atoms with E-state index in [-0.39, 0.29) is 0 Å². The van der Waals surface area contributed by atoms with E-state index in [0.717, 1.165) is 25.9 Å². The Balaban J connectivity index is 3.92. The van der Waals surface area contributed by atoms with E-state index in [1.54, 1.807) is 6.92 Å². The number of carboxylic acids is 1. The molecule has 0 saturated carbocycles. The second-order valence-corrected chi connectivity index (χ2v) is 4.47. The van der Waals surface area contributed by atoms with Gasteiger partial charge in [0.05, 0.1) is 0 Å². The molecule has 0 aliphatic heterocycles. The van der Waals surface area contributed by atoms with Crippen molar-refractivity contribution in [2.45, 2.75) is 38.6 Å². The van der Waals surface area contributed by atoms with Crippen molar-refractivity contribution in [2.24, 2.45) is 0 Å². The van der Waals surface area contributed by atoms with Gasteiger partial charge in [0.25, 0.3) is 0 Å². The molecule has 4 nitrogen and oxygen atoms in total. The minimum Gasteiger partial charge on any atom is -0.480 e. The number of hydrogen-bond donors (Lipinski definition) is 2. The summed E-state index contributed by atoms with van der Waals surface area (Å²) >= 11 is 0. The molecule has 0 saturated heterocycles. The van der Waals surface area contributed by atoms with Gasteiger partial charge in [0, 0.05) is 0 Å². The van der Waals surface area contributed by atoms with Gasteiger partial charge in [0.2, 0.25) is 0 Å². The number of hydrogen-bond acceptors (Lipinski definition) is 3. The van der Waals surface area contributed by atoms with Crippen LogP contribution >= 0.6 is 0 Å². The molecule has 0 aliphatic rings. The van der Waals surface area contributed by atoms with E-state index in [1.807, 2.05) is 21.0 Å². The lowest BCUT2D eigenvalue weighted by molar-refractivity contribution is -0.144. The first-order valence-electron chi connectivity index (χ1n) is 5.55. The van der Waals surface area contributed by atoms with Crippen molar-refractivity contribution in [1.82, 2.24) is 10.2 Å². The second kappa shape index (κ2) is 6.80. The SMILES string of the molecule is CCCC(C)(NCCCN(C)C)C(=O)O. The van der Waals surface area contributed by atoms with E-state index in [0.29, 0.717) is 6.42 Å². The first-order valence-corrected chi connectivity index (χ1v) is 5.55. The number of rotatable bonds is 8. The average molecular weight is 216 g/mol. The highest BCUT2D eigenvalue weighted by Gasteiger charge is 2.30. The van der Waals surface area contributed by atoms with Gasteiger partial charge in [-0.2, -0.15) is 0 Å². The molecule has 15 heavy (non-hydrogen) atoms. The van der Waals surface area contributed by atoms with Gasteiger partial charge in [-0.25, -0.2) is 0 Å². The highest BCUT2D eigenvalue weighted by molar-refractivity contribution is 5.78. The predicted octanol–water partition coefficient (Wildman–Crippen LogP) is 1.17. The van der Waals surface area contributed by atoms with Crippen LogP contribution in [0.15, 0.2) is 0 Å². The van der Waals surface area contributed by atoms with Crippen LogP contribution in [0.3, 0.4) is 0 Å². The Hall–Kier alpha value is -0.610. The Morgan fingerprint density at radius 2 is 2.07 bits per heavy atom. The van der Waals surface area contributed by atoms with Crippen molar-refractivity contribution < 1.29 is 9.90 Å². The first kappa shape index (κ1) is 14.4. The van der Waals surface area contributed by atoms with Crippen molar-refractivity contribution in [3.05, 3.63) is 0 Å². The first-order chi connectivity index (χ1) is 6.92. The lowest BCUT2D eigenvalue weighted by Crippen LogP contribution is -2.50. The molecule has 0 rings (SSSR count). The molecule has 0 aliphatic carbocycles. The number of nitrogens with one attached hydrogen (secondary N) is 1. The predicted molar refractivity (Wildman–Crippen MR) is 62.1 cm³/mol. The van der Waals surface area contributed by atoms with Crippen LogP contribution < -0.4 is 5.32 Å². The fourth-order valence-electron chi connectivity index (χ4n) is 1.53. The van der Waals surface area contributed by atoms with Crippen LogP contribution in [0.5, 0.6) is 0 Å². The average Bonchev–Trinajstić information content (AvgIpc) is 2.12. The summed E-state index contributed by atoms with van der Waals surface area (Å²) < 4.78 is 0. The molecule has 2 N–H and O–H groups in total. The molecule has 1 unspecified atom stereocenters. The van der Waals surface area contributed by atoms with Crippen LogP contribution in [-0.2, 0) is 4.79 Å². The monoisotopic (exact) mass is 216 g/mol. The third kappa shape index (κ3) is 5.74. The molecular formula is C11H24N2O2. The second-order valence-electron chi connectivity index (χ2n) is 4.47. The molecule has 0 aromatic heterocycles. The van der Waals surface area contributed by atoms with E-state index in [1.165, 1.54) is 0 Å². The Morgan fingerprint density at radius 3 is 2.47 bits per heavy atom. The summed E-state index contributed by atoms with van der Waals surface area (Å²) in [4.78, 5) is 13.2. The van der Waals surface area contributed by atoms with Crippen molar-refractivity contribution in [2.75, 3.05) is 27.2 Å². The van der Waals surface area contributed by atoms with E-state index in [2.05, 4.69) is 10.2 Å². The zero-order chi connectivity index (χ0) is 11.9. The van der Waals surface area contributed by atoms with Crippen LogP contribution in [0.1, 0.15) is 33.1 Å². The van der Waals surface area contributed by atoms with E-state index in [4.69, 9.17) is 5.11 Å². The molecule has 0 radical (unpaired) electrons. The van der Waals surface area contributed by atoms with Crippen LogP contribution in [0.2, 0.25) is 0 Å². The van der Waals surface area contributed by atoms with E-state index in [9.17, 15) is 4.79 Å². The van der Waals surface area contributed by atoms with Crippen molar-refractivity contribution in [1.29, 1.82) is 0 Å². The summed E-state index contributed by atoms with van der Waals surface area (Å²) in [6.07, 6.45) is 2.52. The highest BCUT2D eigenvalue weighted by Crippen LogP contribution is 2.12. The molecule has 0 amide bonds. The lowest BCUT2D eigenvalue weighted by Gasteiger charge is -2.26. The largest absolute Gasteiger partial charge is 0.480 e. The summed E-state index contributed by atoms with van der Waals surface area (Å²) in [6.45, 7) is 5.49. The fraction of sp³-hybridized carbons (Fsp3) is 0.909. The molecule has 1 atom stereocenters. The third-order valence-corrected chi connectivity index (χ3v) is 2.52. The molecule has 0 bridgehead atoms. The van der Waals surface area contributed by atoms with E-state index < -0.39 is 11.5 Å². The molecule has 90 valence electrons. The van der Waals surface area contributed by atoms with Crippen molar-refractivity contribution >= 4 is 5.97 Å². The minimum atomic E-state index is -0.763. The lowest BCUT2D eigenvalue weighted by atomic mass is 9.96. The minimum absolute atomic E-state index is 0.671. The topological polar surface area (TPSA) is 52.6 Å². The molecule has 0 aromatic carbocycles. The molecular weight excluding hydrogens is 192 g/mol. The van der Waals surface area contributed by atoms with E-state index >= 15 is 0 Å². The van der Waals surface area contributed by atoms with Gasteiger partial charge in [-0.05, 0) is 47.0 Å². The fourth-order valence-corrected chi connectivity index (χ4v) is 1.53. The Labute approximate surface area is 92.7 Å². The summed E-state index contributed by atoms with van der Waals surface area (Å²) in [5, 5.41) is 12.2. The van der Waals surface area contributed by atoms with Gasteiger partial charge in [-0.15, -0.1) is 0 Å². The van der Waals surface area contributed by atoms with Crippen LogP contribution in [0.25, 0.3) is 0 Å². The maximum Gasteiger partial charge on any atom is 0.323 e. The summed E-state index contributed by atoms with van der Waals surface area (Å²) in [5.41, 5.74) is -0.763. The summed E-state index contributed by atoms with van der Waals surface area (Å²) in [7, 11) is 4.03. The normalized spacial score (nSPS) is 15.3. The molecule has 0 aromatic rings. The number of aliphatic carboxylic acids is 1. The van der Waals surface area contributed by atoms with Gasteiger partial charge >= 0.3 is 5.97 Å². The maximum atomic E-state index is 11.1. The molecule has 4 heteroatoms. The quantitative estimate of drug-likeness (QED) is 0.598. The zero-order valence-corrected chi connectivity index (χ0v) is 10.3. The van der Waals surface area contributed by atoms with Crippen LogP contribution in [-0.4, -0.2) is 48.7 Å². The standard InChI is InChI=1S/C11H24N2O2/c1-5-7-11(2,10(14)15)12-8-6-9-13(3)4/h12H,5-9H2,1-4H3,(H,14,15). The molecule has 0 spiro atoms. The number of carboxylic acid groups (broad SMARTS) is 1. The Bertz CT molecular complexity index is 195. The van der Waals surface area contributed by atoms with Crippen molar-refractivity contribution in [3.63, 3.8) is 0 Å². The molecule has 0 heterocycles. The van der Waals surface area contributed by atoms with Gasteiger partial charge in [0.1, 0.15) is 5.54 Å². The zero-order valence-electron chi connectivity index (χ0n) is 10.3. The third-order valence-electron chi connectivity index (χ3n) is 2.52.